The molecule has 0 aliphatic carbocycles. The second kappa shape index (κ2) is 37.1. The summed E-state index contributed by atoms with van der Waals surface area (Å²) in [6, 6.07) is 0. The molecule has 1 aliphatic rings. The summed E-state index contributed by atoms with van der Waals surface area (Å²) in [5.41, 5.74) is 1.38. The number of rotatable bonds is 40. The molecule has 368 valence electrons. The monoisotopic (exact) mass is 917 g/mol. The molecule has 0 atom stereocenters. The molecular formula is C52H92N4O7S. The summed E-state index contributed by atoms with van der Waals surface area (Å²) in [7, 11) is 3.90. The highest BCUT2D eigenvalue weighted by molar-refractivity contribution is 7.17. The molecule has 12 heteroatoms. The first-order valence-electron chi connectivity index (χ1n) is 26.1. The van der Waals surface area contributed by atoms with Gasteiger partial charge in [-0.25, -0.2) is 0 Å². The normalized spacial score (nSPS) is 12.5. The van der Waals surface area contributed by atoms with Gasteiger partial charge in [0.2, 0.25) is 11.8 Å². The molecule has 3 amide bonds. The number of fused-ring (bicyclic) bond motifs is 1. The Hall–Kier alpha value is -2.99. The molecule has 0 bridgehead atoms. The fraction of sp³-hybridized carbons (Fsp3) is 0.827. The average Bonchev–Trinajstić information content (AvgIpc) is 3.63. The van der Waals surface area contributed by atoms with Gasteiger partial charge in [0.05, 0.1) is 18.7 Å². The zero-order valence-electron chi connectivity index (χ0n) is 41.4. The van der Waals surface area contributed by atoms with Gasteiger partial charge in [-0.1, -0.05) is 136 Å². The fourth-order valence-electron chi connectivity index (χ4n) is 8.36. The molecule has 1 aliphatic heterocycles. The van der Waals surface area contributed by atoms with Gasteiger partial charge in [0.25, 0.3) is 5.91 Å². The van der Waals surface area contributed by atoms with E-state index in [0.29, 0.717) is 88.3 Å². The minimum Gasteiger partial charge on any atom is -0.466 e. The molecule has 1 aromatic rings. The van der Waals surface area contributed by atoms with Crippen LogP contribution < -0.4 is 10.6 Å². The standard InChI is InChI=1S/C52H92N4O7S/c1-6-9-12-15-18-19-20-23-30-41-62-48(59)35-28-26-33-46(57)54-52-50(51(61)53-38-40-55(4)5)44-37-39-56(42-45(44)64-52)47(58)34-27-29-36-49(60)63-43(31-24-21-16-13-10-7-2)32-25-22-17-14-11-8-3/h43H,6-42H2,1-5H3,(H,53,61)(H,54,57). The van der Waals surface area contributed by atoms with E-state index < -0.39 is 0 Å². The first-order chi connectivity index (χ1) is 31.1. The minimum atomic E-state index is -0.225. The summed E-state index contributed by atoms with van der Waals surface area (Å²) >= 11 is 1.37. The van der Waals surface area contributed by atoms with Crippen molar-refractivity contribution in [1.29, 1.82) is 0 Å². The van der Waals surface area contributed by atoms with Gasteiger partial charge in [0, 0.05) is 50.2 Å². The van der Waals surface area contributed by atoms with Gasteiger partial charge in [0.15, 0.2) is 0 Å². The maximum atomic E-state index is 13.6. The highest BCUT2D eigenvalue weighted by atomic mass is 32.1. The number of unbranched alkanes of at least 4 members (excludes halogenated alkanes) is 20. The van der Waals surface area contributed by atoms with Crippen molar-refractivity contribution in [1.82, 2.24) is 15.1 Å². The molecule has 0 fully saturated rings. The Morgan fingerprint density at radius 2 is 1.16 bits per heavy atom. The number of thiophene rings is 1. The van der Waals surface area contributed by atoms with Crippen molar-refractivity contribution in [2.45, 2.75) is 239 Å². The van der Waals surface area contributed by atoms with Crippen molar-refractivity contribution in [2.24, 2.45) is 0 Å². The predicted octanol–water partition coefficient (Wildman–Crippen LogP) is 12.5. The Morgan fingerprint density at radius 1 is 0.641 bits per heavy atom. The van der Waals surface area contributed by atoms with E-state index in [4.69, 9.17) is 9.47 Å². The van der Waals surface area contributed by atoms with Crippen molar-refractivity contribution >= 4 is 46.0 Å². The Bertz CT molecular complexity index is 1420. The number of amides is 3. The fourth-order valence-corrected chi connectivity index (χ4v) is 9.63. The van der Waals surface area contributed by atoms with E-state index >= 15 is 0 Å². The number of carbonyl (C=O) groups excluding carboxylic acids is 5. The van der Waals surface area contributed by atoms with Crippen LogP contribution in [-0.2, 0) is 41.6 Å². The Balaban J connectivity index is 1.84. The van der Waals surface area contributed by atoms with Crippen molar-refractivity contribution in [3.63, 3.8) is 0 Å². The minimum absolute atomic E-state index is 0.0100. The van der Waals surface area contributed by atoms with Gasteiger partial charge in [-0.3, -0.25) is 24.0 Å². The molecule has 0 spiro atoms. The van der Waals surface area contributed by atoms with Crippen LogP contribution >= 0.6 is 11.3 Å². The van der Waals surface area contributed by atoms with Crippen LogP contribution in [0.1, 0.15) is 241 Å². The summed E-state index contributed by atoms with van der Waals surface area (Å²) in [5.74, 6) is -0.760. The number of nitrogens with zero attached hydrogens (tertiary/aromatic N) is 2. The average molecular weight is 917 g/mol. The number of esters is 2. The Morgan fingerprint density at radius 3 is 1.73 bits per heavy atom. The highest BCUT2D eigenvalue weighted by Gasteiger charge is 2.30. The Labute approximate surface area is 393 Å². The third kappa shape index (κ3) is 26.8. The van der Waals surface area contributed by atoms with E-state index in [1.54, 1.807) is 0 Å². The Kier molecular flexibility index (Phi) is 33.2. The van der Waals surface area contributed by atoms with Crippen LogP contribution in [0, 0.1) is 0 Å². The number of ether oxygens (including phenoxy) is 2. The topological polar surface area (TPSA) is 134 Å². The molecule has 0 unspecified atom stereocenters. The van der Waals surface area contributed by atoms with Gasteiger partial charge in [-0.15, -0.1) is 11.3 Å². The summed E-state index contributed by atoms with van der Waals surface area (Å²) < 4.78 is 11.4. The molecule has 2 heterocycles. The summed E-state index contributed by atoms with van der Waals surface area (Å²) in [4.78, 5) is 70.2. The van der Waals surface area contributed by atoms with Crippen LogP contribution in [0.2, 0.25) is 0 Å². The third-order valence-corrected chi connectivity index (χ3v) is 13.5. The molecule has 64 heavy (non-hydrogen) atoms. The smallest absolute Gasteiger partial charge is 0.306 e. The first kappa shape index (κ1) is 57.1. The van der Waals surface area contributed by atoms with Crippen molar-refractivity contribution in [3.05, 3.63) is 16.0 Å². The number of likely N-dealkylation sites (N-methyl/N-ethyl adjacent to an activating group) is 1. The van der Waals surface area contributed by atoms with Gasteiger partial charge in [-0.2, -0.15) is 0 Å². The van der Waals surface area contributed by atoms with Crippen molar-refractivity contribution < 1.29 is 33.4 Å². The molecule has 0 aromatic carbocycles. The van der Waals surface area contributed by atoms with E-state index in [2.05, 4.69) is 31.4 Å². The molecule has 1 aromatic heterocycles. The zero-order valence-corrected chi connectivity index (χ0v) is 42.2. The van der Waals surface area contributed by atoms with Gasteiger partial charge < -0.3 is 29.9 Å². The van der Waals surface area contributed by atoms with Crippen LogP contribution in [0.5, 0.6) is 0 Å². The van der Waals surface area contributed by atoms with E-state index in [0.717, 1.165) is 49.0 Å². The van der Waals surface area contributed by atoms with E-state index in [1.165, 1.54) is 120 Å². The molecule has 2 rings (SSSR count). The van der Waals surface area contributed by atoms with E-state index in [9.17, 15) is 24.0 Å². The van der Waals surface area contributed by atoms with Crippen LogP contribution in [0.15, 0.2) is 0 Å². The summed E-state index contributed by atoms with van der Waals surface area (Å²) in [6.45, 7) is 9.18. The molecule has 0 radical (unpaired) electrons. The van der Waals surface area contributed by atoms with Crippen molar-refractivity contribution in [3.8, 4) is 0 Å². The largest absolute Gasteiger partial charge is 0.466 e. The second-order valence-electron chi connectivity index (χ2n) is 18.6. The number of hydrogen-bond acceptors (Lipinski definition) is 9. The first-order valence-corrected chi connectivity index (χ1v) is 26.9. The zero-order chi connectivity index (χ0) is 46.6. The lowest BCUT2D eigenvalue weighted by Gasteiger charge is -2.27. The molecule has 11 nitrogen and oxygen atoms in total. The molecule has 0 saturated carbocycles. The second-order valence-corrected chi connectivity index (χ2v) is 19.7. The number of anilines is 1. The maximum absolute atomic E-state index is 13.6. The maximum Gasteiger partial charge on any atom is 0.306 e. The van der Waals surface area contributed by atoms with Gasteiger partial charge in [0.1, 0.15) is 11.1 Å². The molecule has 2 N–H and O–H groups in total. The van der Waals surface area contributed by atoms with Gasteiger partial charge >= 0.3 is 11.9 Å². The van der Waals surface area contributed by atoms with Crippen LogP contribution in [0.3, 0.4) is 0 Å². The SMILES string of the molecule is CCCCCCCCCCCOC(=O)CCCCC(=O)Nc1sc2c(c1C(=O)NCCN(C)C)CCN(C(=O)CCCCC(=O)OC(CCCCCCCC)CCCCCCCC)C2. The third-order valence-electron chi connectivity index (χ3n) is 12.4. The van der Waals surface area contributed by atoms with E-state index in [-0.39, 0.29) is 48.6 Å². The number of carbonyl (C=O) groups is 5. The quantitative estimate of drug-likeness (QED) is 0.0491. The number of nitrogens with one attached hydrogen (secondary N) is 2. The van der Waals surface area contributed by atoms with Crippen LogP contribution in [0.25, 0.3) is 0 Å². The summed E-state index contributed by atoms with van der Waals surface area (Å²) in [6.07, 6.45) is 31.5. The number of hydrogen-bond donors (Lipinski definition) is 2. The van der Waals surface area contributed by atoms with Crippen molar-refractivity contribution in [2.75, 3.05) is 45.7 Å². The van der Waals surface area contributed by atoms with E-state index in [1.807, 2.05) is 23.9 Å². The molecule has 0 saturated heterocycles. The van der Waals surface area contributed by atoms with Crippen LogP contribution in [-0.4, -0.2) is 85.9 Å². The predicted molar refractivity (Wildman–Crippen MR) is 264 cm³/mol. The highest BCUT2D eigenvalue weighted by Crippen LogP contribution is 2.37. The summed E-state index contributed by atoms with van der Waals surface area (Å²) in [5, 5.41) is 6.53. The lowest BCUT2D eigenvalue weighted by Crippen LogP contribution is -2.36. The van der Waals surface area contributed by atoms with Crippen LogP contribution in [0.4, 0.5) is 5.00 Å². The van der Waals surface area contributed by atoms with Gasteiger partial charge in [-0.05, 0) is 83.9 Å². The lowest BCUT2D eigenvalue weighted by atomic mass is 10.0. The molecular weight excluding hydrogens is 825 g/mol. The lowest BCUT2D eigenvalue weighted by molar-refractivity contribution is -0.150.